The van der Waals surface area contributed by atoms with Crippen molar-refractivity contribution in [3.05, 3.63) is 131 Å². The van der Waals surface area contributed by atoms with Crippen LogP contribution in [0.5, 0.6) is 11.5 Å². The molecule has 0 aliphatic rings. The van der Waals surface area contributed by atoms with Crippen LogP contribution in [-0.4, -0.2) is 12.4 Å². The van der Waals surface area contributed by atoms with Crippen molar-refractivity contribution < 1.29 is 10.2 Å². The van der Waals surface area contributed by atoms with Crippen LogP contribution in [0.4, 0.5) is 0 Å². The molecule has 4 aromatic carbocycles. The van der Waals surface area contributed by atoms with E-state index in [-0.39, 0.29) is 23.6 Å². The first-order chi connectivity index (χ1) is 15.7. The van der Waals surface area contributed by atoms with Gasteiger partial charge in [-0.05, 0) is 22.3 Å². The van der Waals surface area contributed by atoms with Crippen LogP contribution in [0.3, 0.4) is 0 Å². The van der Waals surface area contributed by atoms with Crippen LogP contribution in [0.15, 0.2) is 119 Å². The summed E-state index contributed by atoms with van der Waals surface area (Å²) in [6.45, 7) is 0. The largest absolute Gasteiger partial charge is 0.872 e. The van der Waals surface area contributed by atoms with Gasteiger partial charge in [-0.25, -0.2) is 0 Å². The van der Waals surface area contributed by atoms with Gasteiger partial charge in [-0.3, -0.25) is 9.98 Å². The average molecular weight is 418 g/mol. The van der Waals surface area contributed by atoms with Crippen LogP contribution in [-0.2, 0) is 0 Å². The highest BCUT2D eigenvalue weighted by Crippen LogP contribution is 2.35. The number of rotatable bonds is 7. The van der Waals surface area contributed by atoms with Crippen molar-refractivity contribution in [3.63, 3.8) is 0 Å². The highest BCUT2D eigenvalue weighted by molar-refractivity contribution is 5.84. The molecule has 158 valence electrons. The molecule has 0 unspecified atom stereocenters. The predicted octanol–water partition coefficient (Wildman–Crippen LogP) is 4.85. The lowest BCUT2D eigenvalue weighted by molar-refractivity contribution is -0.269. The summed E-state index contributed by atoms with van der Waals surface area (Å²) in [4.78, 5) is 9.64. The Morgan fingerprint density at radius 3 is 1.19 bits per heavy atom. The van der Waals surface area contributed by atoms with E-state index >= 15 is 0 Å². The van der Waals surface area contributed by atoms with Crippen LogP contribution >= 0.6 is 0 Å². The lowest BCUT2D eigenvalue weighted by atomic mass is 9.94. The van der Waals surface area contributed by atoms with E-state index in [4.69, 9.17) is 9.98 Å². The number of aliphatic imine (C=N–C) groups is 2. The van der Waals surface area contributed by atoms with E-state index in [9.17, 15) is 10.2 Å². The van der Waals surface area contributed by atoms with E-state index in [1.807, 2.05) is 72.8 Å². The van der Waals surface area contributed by atoms with Gasteiger partial charge in [-0.1, -0.05) is 109 Å². The third-order valence-corrected chi connectivity index (χ3v) is 5.17. The zero-order valence-electron chi connectivity index (χ0n) is 17.4. The van der Waals surface area contributed by atoms with Gasteiger partial charge in [0.05, 0.1) is 0 Å². The third kappa shape index (κ3) is 5.10. The summed E-state index contributed by atoms with van der Waals surface area (Å²) in [6, 6.07) is 32.6. The molecule has 0 bridgehead atoms. The predicted molar refractivity (Wildman–Crippen MR) is 125 cm³/mol. The van der Waals surface area contributed by atoms with Crippen molar-refractivity contribution in [1.82, 2.24) is 0 Å². The molecule has 4 rings (SSSR count). The fourth-order valence-corrected chi connectivity index (χ4v) is 3.50. The minimum atomic E-state index is -0.381. The Kier molecular flexibility index (Phi) is 6.73. The van der Waals surface area contributed by atoms with Crippen LogP contribution in [0, 0.1) is 0 Å². The highest BCUT2D eigenvalue weighted by atomic mass is 16.3. The summed E-state index contributed by atoms with van der Waals surface area (Å²) >= 11 is 0. The van der Waals surface area contributed by atoms with E-state index in [0.29, 0.717) is 11.1 Å². The summed E-state index contributed by atoms with van der Waals surface area (Å²) < 4.78 is 0. The van der Waals surface area contributed by atoms with Crippen LogP contribution in [0.1, 0.15) is 34.3 Å². The van der Waals surface area contributed by atoms with E-state index in [1.54, 1.807) is 36.7 Å². The lowest BCUT2D eigenvalue weighted by Crippen LogP contribution is -2.10. The summed E-state index contributed by atoms with van der Waals surface area (Å²) in [6.07, 6.45) is 3.24. The van der Waals surface area contributed by atoms with E-state index < -0.39 is 0 Å². The Labute approximate surface area is 187 Å². The fraction of sp³-hybridized carbons (Fsp3) is 0.0714. The molecule has 0 saturated heterocycles. The monoisotopic (exact) mass is 418 g/mol. The summed E-state index contributed by atoms with van der Waals surface area (Å²) in [7, 11) is 0. The average Bonchev–Trinajstić information content (AvgIpc) is 2.84. The molecule has 4 nitrogen and oxygen atoms in total. The summed E-state index contributed by atoms with van der Waals surface area (Å²) in [5, 5.41) is 24.4. The maximum absolute atomic E-state index is 12.2. The Morgan fingerprint density at radius 1 is 0.469 bits per heavy atom. The molecule has 0 heterocycles. The molecule has 0 saturated carbocycles. The van der Waals surface area contributed by atoms with Gasteiger partial charge in [0.2, 0.25) is 0 Å². The second kappa shape index (κ2) is 10.2. The van der Waals surface area contributed by atoms with Crippen molar-refractivity contribution in [2.45, 2.75) is 12.1 Å². The fourth-order valence-electron chi connectivity index (χ4n) is 3.50. The van der Waals surface area contributed by atoms with E-state index in [2.05, 4.69) is 0 Å². The van der Waals surface area contributed by atoms with Crippen molar-refractivity contribution in [2.24, 2.45) is 9.98 Å². The van der Waals surface area contributed by atoms with Crippen LogP contribution < -0.4 is 10.2 Å². The van der Waals surface area contributed by atoms with Crippen molar-refractivity contribution in [3.8, 4) is 11.5 Å². The Morgan fingerprint density at radius 2 is 0.812 bits per heavy atom. The van der Waals surface area contributed by atoms with Crippen molar-refractivity contribution >= 4 is 12.4 Å². The lowest BCUT2D eigenvalue weighted by Gasteiger charge is -2.22. The molecule has 0 aromatic heterocycles. The molecule has 0 N–H and O–H groups in total. The minimum absolute atomic E-state index is 0.0805. The first-order valence-corrected chi connectivity index (χ1v) is 10.4. The molecular weight excluding hydrogens is 396 g/mol. The molecule has 2 atom stereocenters. The zero-order valence-corrected chi connectivity index (χ0v) is 17.4. The first kappa shape index (κ1) is 21.1. The number of hydrogen-bond donors (Lipinski definition) is 0. The summed E-state index contributed by atoms with van der Waals surface area (Å²) in [5.41, 5.74) is 2.98. The number of benzene rings is 4. The molecule has 4 aromatic rings. The van der Waals surface area contributed by atoms with E-state index in [1.165, 1.54) is 12.1 Å². The normalized spacial score (nSPS) is 13.4. The molecule has 0 amide bonds. The topological polar surface area (TPSA) is 70.8 Å². The molecule has 4 heteroatoms. The minimum Gasteiger partial charge on any atom is -0.872 e. The Balaban J connectivity index is 1.79. The maximum Gasteiger partial charge on any atom is 0.101 e. The molecule has 0 spiro atoms. The standard InChI is InChI=1S/C28H24N2O2/c31-25-17-9-7-15-23(25)19-29-27(21-11-3-1-4-12-21)28(22-13-5-2-6-14-22)30-20-24-16-8-10-18-26(24)32/h1-20,27-28,31-32H/p-2/t27-,28-/m0/s1. The van der Waals surface area contributed by atoms with Gasteiger partial charge in [0.1, 0.15) is 12.1 Å². The first-order valence-electron chi connectivity index (χ1n) is 10.4. The Hall–Kier alpha value is -4.18. The number of hydrogen-bond acceptors (Lipinski definition) is 4. The van der Waals surface area contributed by atoms with Crippen LogP contribution in [0.25, 0.3) is 0 Å². The van der Waals surface area contributed by atoms with Gasteiger partial charge in [0, 0.05) is 12.4 Å². The second-order valence-electron chi connectivity index (χ2n) is 7.34. The second-order valence-corrected chi connectivity index (χ2v) is 7.34. The molecule has 0 aliphatic heterocycles. The SMILES string of the molecule is [O-]c1ccccc1C=N[C@@H](c1ccccc1)[C@@H](N=Cc1ccccc1[O-])c1ccccc1. The number of nitrogens with zero attached hydrogens (tertiary/aromatic N) is 2. The quantitative estimate of drug-likeness (QED) is 0.402. The van der Waals surface area contributed by atoms with Crippen LogP contribution in [0.2, 0.25) is 0 Å². The highest BCUT2D eigenvalue weighted by Gasteiger charge is 2.23. The molecule has 0 fully saturated rings. The van der Waals surface area contributed by atoms with Gasteiger partial charge in [0.25, 0.3) is 0 Å². The van der Waals surface area contributed by atoms with Gasteiger partial charge in [0.15, 0.2) is 0 Å². The molecule has 0 radical (unpaired) electrons. The third-order valence-electron chi connectivity index (χ3n) is 5.17. The maximum atomic E-state index is 12.2. The van der Waals surface area contributed by atoms with Gasteiger partial charge in [-0.15, -0.1) is 11.5 Å². The summed E-state index contributed by atoms with van der Waals surface area (Å²) in [5.74, 6) is -0.161. The van der Waals surface area contributed by atoms with Gasteiger partial charge >= 0.3 is 0 Å². The van der Waals surface area contributed by atoms with Crippen molar-refractivity contribution in [2.75, 3.05) is 0 Å². The molecule has 0 aliphatic carbocycles. The zero-order chi connectivity index (χ0) is 22.2. The van der Waals surface area contributed by atoms with Gasteiger partial charge < -0.3 is 10.2 Å². The molecule has 32 heavy (non-hydrogen) atoms. The Bertz CT molecular complexity index is 1110. The van der Waals surface area contributed by atoms with Gasteiger partial charge in [-0.2, -0.15) is 0 Å². The smallest absolute Gasteiger partial charge is 0.101 e. The molecular formula is C28H22N2O2-2. The van der Waals surface area contributed by atoms with E-state index in [0.717, 1.165) is 11.1 Å². The number of para-hydroxylation sites is 2. The van der Waals surface area contributed by atoms with Crippen molar-refractivity contribution in [1.29, 1.82) is 0 Å².